The van der Waals surface area contributed by atoms with Gasteiger partial charge in [-0.25, -0.2) is 8.42 Å². The predicted molar refractivity (Wildman–Crippen MR) is 232 cm³/mol. The van der Waals surface area contributed by atoms with Crippen LogP contribution in [-0.4, -0.2) is 74.2 Å². The lowest BCUT2D eigenvalue weighted by Crippen LogP contribution is -2.57. The van der Waals surface area contributed by atoms with E-state index in [1.54, 1.807) is 12.1 Å². The minimum Gasteiger partial charge on any atom is -0.392 e. The summed E-state index contributed by atoms with van der Waals surface area (Å²) >= 11 is 0. The van der Waals surface area contributed by atoms with Crippen LogP contribution in [0.5, 0.6) is 0 Å². The number of anilines is 1. The molecule has 3 aliphatic rings. The van der Waals surface area contributed by atoms with Crippen molar-refractivity contribution < 1.29 is 32.6 Å². The first-order valence-electron chi connectivity index (χ1n) is 20.9. The van der Waals surface area contributed by atoms with Gasteiger partial charge in [-0.2, -0.15) is 4.72 Å². The van der Waals surface area contributed by atoms with E-state index in [4.69, 9.17) is 9.47 Å². The average molecular weight is 844 g/mol. The summed E-state index contributed by atoms with van der Waals surface area (Å²) in [5, 5.41) is 15.7. The number of rotatable bonds is 14. The average Bonchev–Trinajstić information content (AvgIpc) is 3.60. The van der Waals surface area contributed by atoms with Crippen LogP contribution in [0.2, 0.25) is 0 Å². The molecule has 3 saturated heterocycles. The maximum Gasteiger partial charge on any atom is 0.247 e. The molecule has 5 aromatic carbocycles. The van der Waals surface area contributed by atoms with E-state index in [0.717, 1.165) is 52.2 Å². The SMILES string of the molecule is Cc1ccc(S(=O)(=O)N[C@H](Cc2ccccc2)C(=O)NCc2ccc(C3O[C@H](CN4CCC5(CC4)C(=O)NCN5c4ccccc4)C[C@H](c4ccc(CO)cc4)O3)cc2)cc1. The Morgan fingerprint density at radius 2 is 1.46 bits per heavy atom. The third-order valence-corrected chi connectivity index (χ3v) is 13.6. The third-order valence-electron chi connectivity index (χ3n) is 12.1. The molecule has 4 N–H and O–H groups in total. The number of aliphatic hydroxyl groups excluding tert-OH is 1. The van der Waals surface area contributed by atoms with Crippen LogP contribution in [0.3, 0.4) is 0 Å². The molecule has 0 bridgehead atoms. The number of nitrogens with zero attached hydrogens (tertiary/aromatic N) is 2. The largest absolute Gasteiger partial charge is 0.392 e. The molecule has 1 spiro atoms. The van der Waals surface area contributed by atoms with Crippen LogP contribution in [-0.2, 0) is 48.7 Å². The number of aryl methyl sites for hydroxylation is 1. The summed E-state index contributed by atoms with van der Waals surface area (Å²) in [5.41, 5.74) is 5.69. The first-order chi connectivity index (χ1) is 29.6. The molecule has 0 radical (unpaired) electrons. The minimum absolute atomic E-state index is 0.0418. The van der Waals surface area contributed by atoms with Gasteiger partial charge < -0.3 is 35.0 Å². The van der Waals surface area contributed by atoms with E-state index in [-0.39, 0.29) is 42.6 Å². The molecule has 13 heteroatoms. The van der Waals surface area contributed by atoms with Crippen LogP contribution < -0.4 is 20.3 Å². The highest BCUT2D eigenvalue weighted by molar-refractivity contribution is 7.89. The number of piperidine rings is 1. The fraction of sp³-hybridized carbons (Fsp3) is 0.333. The van der Waals surface area contributed by atoms with Crippen molar-refractivity contribution in [2.45, 2.75) is 80.7 Å². The molecule has 5 aromatic rings. The zero-order valence-electron chi connectivity index (χ0n) is 34.3. The molecule has 318 valence electrons. The molecule has 0 saturated carbocycles. The van der Waals surface area contributed by atoms with Crippen LogP contribution >= 0.6 is 0 Å². The van der Waals surface area contributed by atoms with E-state index in [1.165, 1.54) is 12.1 Å². The van der Waals surface area contributed by atoms with Gasteiger partial charge in [-0.15, -0.1) is 0 Å². The highest BCUT2D eigenvalue weighted by Gasteiger charge is 2.50. The molecule has 12 nitrogen and oxygen atoms in total. The van der Waals surface area contributed by atoms with E-state index in [0.29, 0.717) is 32.5 Å². The molecular formula is C48H53N5O7S. The lowest BCUT2D eigenvalue weighted by atomic mass is 9.85. The monoisotopic (exact) mass is 843 g/mol. The second kappa shape index (κ2) is 18.7. The number of sulfonamides is 1. The Hall–Kier alpha value is -5.41. The normalized spacial score (nSPS) is 20.9. The molecule has 0 aromatic heterocycles. The second-order valence-electron chi connectivity index (χ2n) is 16.2. The number of carbonyl (C=O) groups excluding carboxylic acids is 2. The lowest BCUT2D eigenvalue weighted by Gasteiger charge is -2.45. The fourth-order valence-electron chi connectivity index (χ4n) is 8.57. The van der Waals surface area contributed by atoms with Crippen molar-refractivity contribution in [3.8, 4) is 0 Å². The molecule has 0 aliphatic carbocycles. The highest BCUT2D eigenvalue weighted by atomic mass is 32.2. The number of hydrogen-bond acceptors (Lipinski definition) is 9. The van der Waals surface area contributed by atoms with Gasteiger partial charge in [-0.1, -0.05) is 115 Å². The van der Waals surface area contributed by atoms with E-state index < -0.39 is 33.8 Å². The van der Waals surface area contributed by atoms with Crippen molar-refractivity contribution >= 4 is 27.5 Å². The van der Waals surface area contributed by atoms with Crippen molar-refractivity contribution in [1.29, 1.82) is 0 Å². The van der Waals surface area contributed by atoms with Crippen molar-refractivity contribution in [2.24, 2.45) is 0 Å². The summed E-state index contributed by atoms with van der Waals surface area (Å²) in [6.07, 6.45) is 1.13. The Balaban J connectivity index is 0.936. The molecule has 3 heterocycles. The van der Waals surface area contributed by atoms with Gasteiger partial charge in [0.05, 0.1) is 30.4 Å². The maximum atomic E-state index is 13.7. The smallest absolute Gasteiger partial charge is 0.247 e. The number of nitrogens with one attached hydrogen (secondary N) is 3. The molecular weight excluding hydrogens is 791 g/mol. The Kier molecular flexibility index (Phi) is 13.0. The number of carbonyl (C=O) groups is 2. The van der Waals surface area contributed by atoms with Crippen LogP contribution in [0.1, 0.15) is 65.0 Å². The predicted octanol–water partition coefficient (Wildman–Crippen LogP) is 5.67. The molecule has 3 aliphatic heterocycles. The molecule has 61 heavy (non-hydrogen) atoms. The van der Waals surface area contributed by atoms with Gasteiger partial charge in [-0.05, 0) is 72.7 Å². The van der Waals surface area contributed by atoms with Gasteiger partial charge in [0, 0.05) is 43.9 Å². The number of ether oxygens (including phenoxy) is 2. The van der Waals surface area contributed by atoms with E-state index >= 15 is 0 Å². The number of para-hydroxylation sites is 1. The molecule has 4 atom stereocenters. The van der Waals surface area contributed by atoms with Crippen molar-refractivity contribution in [3.63, 3.8) is 0 Å². The van der Waals surface area contributed by atoms with E-state index in [2.05, 4.69) is 37.3 Å². The van der Waals surface area contributed by atoms with Gasteiger partial charge in [0.25, 0.3) is 0 Å². The van der Waals surface area contributed by atoms with Crippen molar-refractivity contribution in [2.75, 3.05) is 31.2 Å². The van der Waals surface area contributed by atoms with Crippen LogP contribution in [0.15, 0.2) is 138 Å². The fourth-order valence-corrected chi connectivity index (χ4v) is 9.77. The summed E-state index contributed by atoms with van der Waals surface area (Å²) < 4.78 is 42.7. The number of hydrogen-bond donors (Lipinski definition) is 4. The van der Waals surface area contributed by atoms with Crippen LogP contribution in [0, 0.1) is 6.92 Å². The van der Waals surface area contributed by atoms with Gasteiger partial charge in [0.2, 0.25) is 21.8 Å². The van der Waals surface area contributed by atoms with Gasteiger partial charge in [0.15, 0.2) is 6.29 Å². The highest BCUT2D eigenvalue weighted by Crippen LogP contribution is 2.40. The molecule has 8 rings (SSSR count). The number of aliphatic hydroxyl groups is 1. The number of likely N-dealkylation sites (tertiary alicyclic amines) is 1. The Morgan fingerprint density at radius 1 is 0.820 bits per heavy atom. The Morgan fingerprint density at radius 3 is 2.13 bits per heavy atom. The number of benzene rings is 5. The molecule has 3 fully saturated rings. The van der Waals surface area contributed by atoms with Crippen LogP contribution in [0.25, 0.3) is 0 Å². The Bertz CT molecular complexity index is 2360. The second-order valence-corrected chi connectivity index (χ2v) is 18.0. The molecule has 2 amide bonds. The minimum atomic E-state index is -3.98. The summed E-state index contributed by atoms with van der Waals surface area (Å²) in [6.45, 7) is 4.70. The lowest BCUT2D eigenvalue weighted by molar-refractivity contribution is -0.253. The van der Waals surface area contributed by atoms with Gasteiger partial charge >= 0.3 is 0 Å². The van der Waals surface area contributed by atoms with Gasteiger partial charge in [0.1, 0.15) is 11.6 Å². The summed E-state index contributed by atoms with van der Waals surface area (Å²) in [5.74, 6) is -0.354. The van der Waals surface area contributed by atoms with Crippen molar-refractivity contribution in [1.82, 2.24) is 20.3 Å². The summed E-state index contributed by atoms with van der Waals surface area (Å²) in [4.78, 5) is 31.7. The first kappa shape index (κ1) is 42.3. The zero-order chi connectivity index (χ0) is 42.4. The van der Waals surface area contributed by atoms with Crippen molar-refractivity contribution in [3.05, 3.63) is 167 Å². The van der Waals surface area contributed by atoms with E-state index in [1.807, 2.05) is 104 Å². The van der Waals surface area contributed by atoms with Crippen LogP contribution in [0.4, 0.5) is 5.69 Å². The molecule has 1 unspecified atom stereocenters. The van der Waals surface area contributed by atoms with E-state index in [9.17, 15) is 23.1 Å². The van der Waals surface area contributed by atoms with Gasteiger partial charge in [-0.3, -0.25) is 9.59 Å². The Labute approximate surface area is 357 Å². The maximum absolute atomic E-state index is 13.7. The first-order valence-corrected chi connectivity index (χ1v) is 22.4. The number of amides is 2. The summed E-state index contributed by atoms with van der Waals surface area (Å²) in [6, 6.07) is 40.4. The zero-order valence-corrected chi connectivity index (χ0v) is 35.1. The summed E-state index contributed by atoms with van der Waals surface area (Å²) in [7, 11) is -3.98. The topological polar surface area (TPSA) is 150 Å². The standard InChI is InChI=1S/C48H53N5O7S/c1-34-12-22-42(23-13-34)61(57,58)51-43(28-35-8-4-2-5-9-35)45(55)49-30-36-14-20-39(21-15-36)46-59-41(29-44(60-46)38-18-16-37(32-54)17-19-38)31-52-26-24-48(25-27-52)47(56)50-33-53(48)40-10-6-3-7-11-40/h2-23,41,43-44,46,51,54H,24-33H2,1H3,(H,49,55)(H,50,56)/t41-,43+,44+,46?/m0/s1. The third kappa shape index (κ3) is 9.88. The quantitative estimate of drug-likeness (QED) is 0.111.